The second-order valence-electron chi connectivity index (χ2n) is 8.35. The Morgan fingerprint density at radius 3 is 2.38 bits per heavy atom. The Hall–Kier alpha value is -4.05. The van der Waals surface area contributed by atoms with E-state index in [1.165, 1.54) is 6.92 Å². The quantitative estimate of drug-likeness (QED) is 0.496. The van der Waals surface area contributed by atoms with E-state index in [2.05, 4.69) is 6.07 Å². The summed E-state index contributed by atoms with van der Waals surface area (Å²) in [6.45, 7) is 5.05. The van der Waals surface area contributed by atoms with E-state index in [0.29, 0.717) is 10.6 Å². The summed E-state index contributed by atoms with van der Waals surface area (Å²) in [4.78, 5) is 13.9. The molecule has 3 rings (SSSR count). The van der Waals surface area contributed by atoms with Crippen LogP contribution in [0.2, 0.25) is 0 Å². The summed E-state index contributed by atoms with van der Waals surface area (Å²) in [5.41, 5.74) is 2.07. The summed E-state index contributed by atoms with van der Waals surface area (Å²) in [5.74, 6) is -0.119. The fourth-order valence-electron chi connectivity index (χ4n) is 3.93. The van der Waals surface area contributed by atoms with Gasteiger partial charge in [-0.15, -0.1) is 0 Å². The van der Waals surface area contributed by atoms with Gasteiger partial charge in [-0.1, -0.05) is 42.0 Å². The maximum Gasteiger partial charge on any atom is 0.227 e. The van der Waals surface area contributed by atoms with Gasteiger partial charge >= 0.3 is 0 Å². The highest BCUT2D eigenvalue weighted by molar-refractivity contribution is 6.32. The molecule has 1 amide bonds. The van der Waals surface area contributed by atoms with Crippen LogP contribution in [-0.4, -0.2) is 11.5 Å². The third kappa shape index (κ3) is 4.96. The Labute approximate surface area is 204 Å². The maximum atomic E-state index is 12.3. The van der Waals surface area contributed by atoms with E-state index in [4.69, 9.17) is 16.3 Å². The van der Waals surface area contributed by atoms with Crippen LogP contribution in [0.25, 0.3) is 0 Å². The molecule has 0 saturated heterocycles. The molecule has 0 saturated carbocycles. The zero-order valence-electron chi connectivity index (χ0n) is 19.2. The summed E-state index contributed by atoms with van der Waals surface area (Å²) in [6, 6.07) is 15.0. The number of anilines is 1. The first-order valence-corrected chi connectivity index (χ1v) is 11.1. The Morgan fingerprint density at radius 1 is 1.12 bits per heavy atom. The van der Waals surface area contributed by atoms with Crippen molar-refractivity contribution in [3.63, 3.8) is 0 Å². The molecule has 0 radical (unpaired) electrons. The van der Waals surface area contributed by atoms with Crippen LogP contribution < -0.4 is 4.90 Å². The smallest absolute Gasteiger partial charge is 0.227 e. The number of allylic oxidation sites excluding steroid dienone is 6. The van der Waals surface area contributed by atoms with Gasteiger partial charge in [0.05, 0.1) is 0 Å². The molecule has 0 atom stereocenters. The van der Waals surface area contributed by atoms with E-state index in [1.807, 2.05) is 36.4 Å². The van der Waals surface area contributed by atoms with Crippen LogP contribution in [0.4, 0.5) is 5.69 Å². The summed E-state index contributed by atoms with van der Waals surface area (Å²) >= 11 is 6.75. The van der Waals surface area contributed by atoms with Crippen LogP contribution in [0.15, 0.2) is 87.3 Å². The van der Waals surface area contributed by atoms with Gasteiger partial charge in [-0.25, -0.2) is 0 Å². The Kier molecular flexibility index (Phi) is 7.42. The highest BCUT2D eigenvalue weighted by Crippen LogP contribution is 2.41. The number of nitrogens with zero attached hydrogens (tertiary/aromatic N) is 4. The molecule has 0 aromatic heterocycles. The first kappa shape index (κ1) is 24.6. The summed E-state index contributed by atoms with van der Waals surface area (Å²) in [7, 11) is 0. The van der Waals surface area contributed by atoms with Crippen molar-refractivity contribution in [3.05, 3.63) is 87.3 Å². The van der Waals surface area contributed by atoms with Crippen molar-refractivity contribution in [2.45, 2.75) is 45.6 Å². The zero-order chi connectivity index (χ0) is 24.9. The molecule has 2 aliphatic rings. The fourth-order valence-corrected chi connectivity index (χ4v) is 4.23. The molecule has 1 heterocycles. The standard InChI is InChI=1S/C27H23ClN4O2/c1-18(33)32(22-10-5-4-6-11-22)17-20-9-7-8-19(25(20)28)12-13-24-23(16-31)26(21(14-29)15-30)34-27(24,2)3/h4-6,10-13,17H,7-9H2,1-3H3. The SMILES string of the molecule is CC(=O)N(C=C1CCCC(C=CC2=C(C#N)C(=C(C#N)C#N)OC2(C)C)=C1Cl)c1ccccc1. The van der Waals surface area contributed by atoms with Crippen LogP contribution in [0.3, 0.4) is 0 Å². The molecule has 0 bridgehead atoms. The molecule has 0 N–H and O–H groups in total. The average molecular weight is 471 g/mol. The second-order valence-corrected chi connectivity index (χ2v) is 8.72. The van der Waals surface area contributed by atoms with E-state index < -0.39 is 5.60 Å². The minimum Gasteiger partial charge on any atom is -0.480 e. The molecule has 0 spiro atoms. The minimum absolute atomic E-state index is 0.00131. The molecule has 34 heavy (non-hydrogen) atoms. The lowest BCUT2D eigenvalue weighted by molar-refractivity contribution is -0.116. The van der Waals surface area contributed by atoms with Gasteiger partial charge in [0.1, 0.15) is 29.4 Å². The van der Waals surface area contributed by atoms with Crippen molar-refractivity contribution >= 4 is 23.2 Å². The third-order valence-electron chi connectivity index (χ3n) is 5.63. The van der Waals surface area contributed by atoms with E-state index >= 15 is 0 Å². The van der Waals surface area contributed by atoms with Gasteiger partial charge < -0.3 is 4.74 Å². The first-order chi connectivity index (χ1) is 16.2. The molecule has 1 aromatic carbocycles. The van der Waals surface area contributed by atoms with Crippen LogP contribution >= 0.6 is 11.6 Å². The number of carbonyl (C=O) groups excluding carboxylic acids is 1. The molecule has 1 aromatic rings. The summed E-state index contributed by atoms with van der Waals surface area (Å²) in [6.07, 6.45) is 7.70. The number of halogens is 1. The molecule has 170 valence electrons. The van der Waals surface area contributed by atoms with Crippen LogP contribution in [-0.2, 0) is 9.53 Å². The van der Waals surface area contributed by atoms with E-state index in [1.54, 1.807) is 43.2 Å². The molecule has 0 unspecified atom stereocenters. The number of rotatable bonds is 4. The second kappa shape index (κ2) is 10.3. The number of hydrogen-bond donors (Lipinski definition) is 0. The normalized spacial score (nSPS) is 18.4. The number of ether oxygens (including phenoxy) is 1. The van der Waals surface area contributed by atoms with E-state index in [9.17, 15) is 20.6 Å². The Balaban J connectivity index is 2.03. The third-order valence-corrected chi connectivity index (χ3v) is 6.12. The lowest BCUT2D eigenvalue weighted by atomic mass is 9.91. The van der Waals surface area contributed by atoms with E-state index in [-0.39, 0.29) is 22.8 Å². The number of hydrogen-bond acceptors (Lipinski definition) is 5. The van der Waals surface area contributed by atoms with Gasteiger partial charge in [0.15, 0.2) is 11.3 Å². The lowest BCUT2D eigenvalue weighted by Crippen LogP contribution is -2.23. The van der Waals surface area contributed by atoms with Crippen LogP contribution in [0.5, 0.6) is 0 Å². The highest BCUT2D eigenvalue weighted by Gasteiger charge is 2.38. The van der Waals surface area contributed by atoms with Crippen molar-refractivity contribution < 1.29 is 9.53 Å². The van der Waals surface area contributed by atoms with Gasteiger partial charge in [0.25, 0.3) is 0 Å². The predicted octanol–water partition coefficient (Wildman–Crippen LogP) is 6.09. The number of para-hydroxylation sites is 1. The van der Waals surface area contributed by atoms with E-state index in [0.717, 1.165) is 36.1 Å². The Morgan fingerprint density at radius 2 is 1.79 bits per heavy atom. The topological polar surface area (TPSA) is 101 Å². The van der Waals surface area contributed by atoms with Crippen molar-refractivity contribution in [3.8, 4) is 18.2 Å². The molecule has 7 heteroatoms. The molecule has 1 aliphatic heterocycles. The minimum atomic E-state index is -0.894. The van der Waals surface area contributed by atoms with Gasteiger partial charge in [-0.3, -0.25) is 9.69 Å². The maximum absolute atomic E-state index is 12.3. The zero-order valence-corrected chi connectivity index (χ0v) is 20.0. The summed E-state index contributed by atoms with van der Waals surface area (Å²) in [5, 5.41) is 28.7. The highest BCUT2D eigenvalue weighted by atomic mass is 35.5. The van der Waals surface area contributed by atoms with Gasteiger partial charge in [0.2, 0.25) is 5.91 Å². The largest absolute Gasteiger partial charge is 0.480 e. The van der Waals surface area contributed by atoms with Gasteiger partial charge in [-0.2, -0.15) is 15.8 Å². The van der Waals surface area contributed by atoms with Gasteiger partial charge in [-0.05, 0) is 56.4 Å². The van der Waals surface area contributed by atoms with Crippen LogP contribution in [0.1, 0.15) is 40.0 Å². The molecule has 0 fully saturated rings. The van der Waals surface area contributed by atoms with Gasteiger partial charge in [0, 0.05) is 29.4 Å². The van der Waals surface area contributed by atoms with Crippen LogP contribution in [0, 0.1) is 34.0 Å². The molecule has 6 nitrogen and oxygen atoms in total. The van der Waals surface area contributed by atoms with Crippen molar-refractivity contribution in [1.29, 1.82) is 15.8 Å². The van der Waals surface area contributed by atoms with Crippen molar-refractivity contribution in [1.82, 2.24) is 0 Å². The molecular formula is C27H23ClN4O2. The number of nitriles is 3. The first-order valence-electron chi connectivity index (χ1n) is 10.7. The Bertz CT molecular complexity index is 1280. The lowest BCUT2D eigenvalue weighted by Gasteiger charge is -2.23. The number of benzene rings is 1. The van der Waals surface area contributed by atoms with Crippen molar-refractivity contribution in [2.75, 3.05) is 4.90 Å². The predicted molar refractivity (Wildman–Crippen MR) is 130 cm³/mol. The number of amides is 1. The summed E-state index contributed by atoms with van der Waals surface area (Å²) < 4.78 is 5.81. The molecular weight excluding hydrogens is 448 g/mol. The van der Waals surface area contributed by atoms with Crippen molar-refractivity contribution in [2.24, 2.45) is 0 Å². The average Bonchev–Trinajstić information content (AvgIpc) is 3.08. The monoisotopic (exact) mass is 470 g/mol. The molecule has 1 aliphatic carbocycles. The fraction of sp³-hybridized carbons (Fsp3) is 0.259. The number of carbonyl (C=O) groups is 1.